The highest BCUT2D eigenvalue weighted by Gasteiger charge is 2.47. The first kappa shape index (κ1) is 31.6. The monoisotopic (exact) mass is 581 g/mol. The van der Waals surface area contributed by atoms with Gasteiger partial charge in [-0.15, -0.1) is 5.10 Å². The van der Waals surface area contributed by atoms with Gasteiger partial charge >= 0.3 is 0 Å². The van der Waals surface area contributed by atoms with Crippen molar-refractivity contribution in [3.05, 3.63) is 84.2 Å². The van der Waals surface area contributed by atoms with Crippen LogP contribution in [0.5, 0.6) is 5.75 Å². The standard InChI is InChI=1S/C27H30F2N8O2.CH3NO/c28-27(29)16-24(17-27)39-23-14-20(18-31-19-23)15-26(38)33-25-10-9-22(34-35-25)7-2-4-12-37(36-30)13-5-8-21-6-1-3-11-32-21;2-1-3/h1,3,5-6,9-11,13-14,18-19,24,30H,2,4,7-8,12,15-17H2,(H,33,35,38);1H,(H2,2,3)/b13-5+,36-30?;. The number of rotatable bonds is 14. The van der Waals surface area contributed by atoms with Gasteiger partial charge in [-0.05, 0) is 55.2 Å². The molecule has 0 atom stereocenters. The van der Waals surface area contributed by atoms with Crippen molar-refractivity contribution in [1.82, 2.24) is 25.2 Å². The van der Waals surface area contributed by atoms with Gasteiger partial charge in [-0.2, -0.15) is 10.6 Å². The molecule has 0 aromatic carbocycles. The Morgan fingerprint density at radius 3 is 2.67 bits per heavy atom. The van der Waals surface area contributed by atoms with Gasteiger partial charge in [-0.25, -0.2) is 8.78 Å². The number of aryl methyl sites for hydroxylation is 1. The number of nitrogens with zero attached hydrogens (tertiary/aromatic N) is 6. The highest BCUT2D eigenvalue weighted by molar-refractivity contribution is 5.91. The van der Waals surface area contributed by atoms with Gasteiger partial charge in [0.25, 0.3) is 5.92 Å². The predicted molar refractivity (Wildman–Crippen MR) is 149 cm³/mol. The largest absolute Gasteiger partial charge is 0.488 e. The van der Waals surface area contributed by atoms with E-state index in [0.29, 0.717) is 36.5 Å². The number of allylic oxidation sites excluding steroid dienone is 1. The van der Waals surface area contributed by atoms with Crippen molar-refractivity contribution < 1.29 is 23.1 Å². The van der Waals surface area contributed by atoms with Crippen molar-refractivity contribution in [3.63, 3.8) is 0 Å². The highest BCUT2D eigenvalue weighted by atomic mass is 19.3. The average molecular weight is 582 g/mol. The molecule has 1 fully saturated rings. The van der Waals surface area contributed by atoms with E-state index in [1.807, 2.05) is 30.3 Å². The van der Waals surface area contributed by atoms with Crippen LogP contribution in [0, 0.1) is 5.53 Å². The lowest BCUT2D eigenvalue weighted by Crippen LogP contribution is -2.43. The van der Waals surface area contributed by atoms with Crippen LogP contribution in [-0.4, -0.2) is 56.1 Å². The fraction of sp³-hybridized carbons (Fsp3) is 0.357. The third-order valence-corrected chi connectivity index (χ3v) is 6.01. The number of primary amides is 1. The maximum Gasteiger partial charge on any atom is 0.255 e. The first-order valence-electron chi connectivity index (χ1n) is 13.3. The molecule has 1 aliphatic carbocycles. The van der Waals surface area contributed by atoms with Crippen molar-refractivity contribution in [2.75, 3.05) is 11.9 Å². The molecule has 0 spiro atoms. The summed E-state index contributed by atoms with van der Waals surface area (Å²) in [6.07, 6.45) is 10.6. The predicted octanol–water partition coefficient (Wildman–Crippen LogP) is 4.05. The quantitative estimate of drug-likeness (QED) is 0.111. The lowest BCUT2D eigenvalue weighted by molar-refractivity contribution is -0.134. The Morgan fingerprint density at radius 2 is 2.00 bits per heavy atom. The SMILES string of the molecule is N=NN(/C=C/Cc1ccccn1)CCCCc1ccc(NC(=O)Cc2cncc(OC3CC(F)(F)C3)c2)nn1.NC=O. The third-order valence-electron chi connectivity index (χ3n) is 6.01. The third kappa shape index (κ3) is 11.3. The fourth-order valence-corrected chi connectivity index (χ4v) is 3.99. The normalized spacial score (nSPS) is 13.8. The number of alkyl halides is 2. The number of pyridine rings is 2. The number of nitrogens with one attached hydrogen (secondary N) is 2. The Balaban J connectivity index is 0.00000155. The topological polar surface area (TPSA) is 172 Å². The molecular weight excluding hydrogens is 548 g/mol. The van der Waals surface area contributed by atoms with E-state index < -0.39 is 12.0 Å². The van der Waals surface area contributed by atoms with E-state index in [1.54, 1.807) is 29.5 Å². The van der Waals surface area contributed by atoms with Crippen LogP contribution in [-0.2, 0) is 28.9 Å². The summed E-state index contributed by atoms with van der Waals surface area (Å²) in [6.45, 7) is 0.609. The van der Waals surface area contributed by atoms with Crippen LogP contribution in [0.25, 0.3) is 0 Å². The molecule has 2 amide bonds. The number of nitrogens with two attached hydrogens (primary N) is 1. The van der Waals surface area contributed by atoms with Crippen molar-refractivity contribution in [1.29, 1.82) is 5.53 Å². The zero-order valence-electron chi connectivity index (χ0n) is 22.9. The number of hydrogen-bond donors (Lipinski definition) is 3. The average Bonchev–Trinajstić information content (AvgIpc) is 2.95. The number of halogens is 2. The highest BCUT2D eigenvalue weighted by Crippen LogP contribution is 2.39. The van der Waals surface area contributed by atoms with Crippen LogP contribution < -0.4 is 15.8 Å². The van der Waals surface area contributed by atoms with Crippen LogP contribution in [0.2, 0.25) is 0 Å². The van der Waals surface area contributed by atoms with Gasteiger partial charge in [0.15, 0.2) is 5.82 Å². The molecule has 42 heavy (non-hydrogen) atoms. The maximum atomic E-state index is 13.0. The van der Waals surface area contributed by atoms with Gasteiger partial charge in [-0.1, -0.05) is 17.4 Å². The van der Waals surface area contributed by atoms with E-state index in [0.717, 1.165) is 24.2 Å². The summed E-state index contributed by atoms with van der Waals surface area (Å²) in [6, 6.07) is 10.9. The first-order valence-corrected chi connectivity index (χ1v) is 13.3. The number of hydrogen-bond acceptors (Lipinski definition) is 9. The number of anilines is 1. The van der Waals surface area contributed by atoms with E-state index in [9.17, 15) is 13.6 Å². The second-order valence-corrected chi connectivity index (χ2v) is 9.43. The Labute approximate surface area is 241 Å². The summed E-state index contributed by atoms with van der Waals surface area (Å²) >= 11 is 0. The molecule has 4 rings (SSSR count). The molecule has 0 saturated heterocycles. The Hall–Kier alpha value is -4.88. The molecule has 0 bridgehead atoms. The lowest BCUT2D eigenvalue weighted by atomic mass is 9.91. The van der Waals surface area contributed by atoms with Crippen molar-refractivity contribution in [2.24, 2.45) is 11.0 Å². The molecule has 3 aromatic heterocycles. The second kappa shape index (κ2) is 16.4. The maximum absolute atomic E-state index is 13.0. The van der Waals surface area contributed by atoms with Crippen molar-refractivity contribution in [3.8, 4) is 5.75 Å². The fourth-order valence-electron chi connectivity index (χ4n) is 3.99. The number of amides is 2. The molecule has 12 nitrogen and oxygen atoms in total. The Bertz CT molecular complexity index is 1300. The van der Waals surface area contributed by atoms with Gasteiger partial charge in [-0.3, -0.25) is 24.6 Å². The number of unbranched alkanes of at least 4 members (excludes halogenated alkanes) is 1. The van der Waals surface area contributed by atoms with Gasteiger partial charge in [0.2, 0.25) is 12.3 Å². The van der Waals surface area contributed by atoms with E-state index in [2.05, 4.69) is 36.4 Å². The zero-order chi connectivity index (χ0) is 30.2. The second-order valence-electron chi connectivity index (χ2n) is 9.43. The number of ether oxygens (including phenoxy) is 1. The number of aromatic nitrogens is 4. The van der Waals surface area contributed by atoms with Gasteiger partial charge in [0, 0.05) is 50.1 Å². The molecule has 0 radical (unpaired) electrons. The van der Waals surface area contributed by atoms with E-state index in [1.165, 1.54) is 12.4 Å². The van der Waals surface area contributed by atoms with E-state index >= 15 is 0 Å². The molecule has 0 unspecified atom stereocenters. The van der Waals surface area contributed by atoms with Gasteiger partial charge in [0.1, 0.15) is 11.9 Å². The summed E-state index contributed by atoms with van der Waals surface area (Å²) in [5, 5.41) is 16.1. The summed E-state index contributed by atoms with van der Waals surface area (Å²) < 4.78 is 31.5. The van der Waals surface area contributed by atoms with Crippen LogP contribution in [0.4, 0.5) is 14.6 Å². The van der Waals surface area contributed by atoms with Gasteiger partial charge < -0.3 is 15.8 Å². The summed E-state index contributed by atoms with van der Waals surface area (Å²) in [5.41, 5.74) is 13.9. The van der Waals surface area contributed by atoms with Crippen LogP contribution >= 0.6 is 0 Å². The molecule has 3 heterocycles. The molecule has 3 aromatic rings. The van der Waals surface area contributed by atoms with Gasteiger partial charge in [0.05, 0.1) is 18.3 Å². The molecule has 4 N–H and O–H groups in total. The van der Waals surface area contributed by atoms with E-state index in [-0.39, 0.29) is 31.6 Å². The van der Waals surface area contributed by atoms with Crippen LogP contribution in [0.15, 0.2) is 72.5 Å². The zero-order valence-corrected chi connectivity index (χ0v) is 22.9. The smallest absolute Gasteiger partial charge is 0.255 e. The molecule has 1 aliphatic rings. The van der Waals surface area contributed by atoms with Crippen molar-refractivity contribution >= 4 is 18.1 Å². The molecule has 0 aliphatic heterocycles. The molecule has 14 heteroatoms. The van der Waals surface area contributed by atoms with Crippen LogP contribution in [0.1, 0.15) is 42.6 Å². The Kier molecular flexibility index (Phi) is 12.4. The number of carbonyl (C=O) groups excluding carboxylic acids is 2. The molecular formula is C28H33F2N9O3. The first-order chi connectivity index (χ1) is 20.3. The molecule has 1 saturated carbocycles. The summed E-state index contributed by atoms with van der Waals surface area (Å²) in [4.78, 5) is 29.3. The molecule has 222 valence electrons. The van der Waals surface area contributed by atoms with Crippen molar-refractivity contribution in [2.45, 2.75) is 57.0 Å². The van der Waals surface area contributed by atoms with Crippen LogP contribution in [0.3, 0.4) is 0 Å². The minimum atomic E-state index is -2.66. The van der Waals surface area contributed by atoms with E-state index in [4.69, 9.17) is 15.1 Å². The lowest BCUT2D eigenvalue weighted by Gasteiger charge is -2.34. The Morgan fingerprint density at radius 1 is 1.19 bits per heavy atom. The summed E-state index contributed by atoms with van der Waals surface area (Å²) in [7, 11) is 0. The minimum Gasteiger partial charge on any atom is -0.488 e. The minimum absolute atomic E-state index is 0.0301. The number of carbonyl (C=O) groups is 2. The summed E-state index contributed by atoms with van der Waals surface area (Å²) in [5.74, 6) is -2.27.